The van der Waals surface area contributed by atoms with E-state index in [9.17, 15) is 14.4 Å². The van der Waals surface area contributed by atoms with Crippen LogP contribution in [-0.4, -0.2) is 37.2 Å². The van der Waals surface area contributed by atoms with Crippen LogP contribution < -0.4 is 0 Å². The predicted octanol–water partition coefficient (Wildman–Crippen LogP) is 22.9. The van der Waals surface area contributed by atoms with Crippen LogP contribution in [0.5, 0.6) is 0 Å². The Balaban J connectivity index is 4.16. The summed E-state index contributed by atoms with van der Waals surface area (Å²) in [7, 11) is 0. The molecule has 0 radical (unpaired) electrons. The standard InChI is InChI=1S/C71H126O6/c1-4-7-10-13-16-19-21-23-25-27-29-31-33-35-37-38-40-42-44-46-48-50-52-55-58-61-64-70(73)76-67-68(66-75-69(72)63-60-57-54-18-15-12-9-6-3)77-71(74)65-62-59-56-53-51-49-47-45-43-41-39-36-34-32-30-28-26-24-22-20-17-14-11-8-5-2/h8,11,17,20,24,26,30,32,36,39,43,45,68H,4-7,9-10,12-16,18-19,21-23,25,27-29,31,33-35,37-38,40-42,44,46-67H2,1-3H3/b11-8-,20-17-,26-24-,32-30-,39-36-,45-43-. The molecule has 0 fully saturated rings. The van der Waals surface area contributed by atoms with Crippen LogP contribution in [0.2, 0.25) is 0 Å². The third-order valence-corrected chi connectivity index (χ3v) is 14.7. The van der Waals surface area contributed by atoms with Gasteiger partial charge in [-0.05, 0) is 70.6 Å². The Morgan fingerprint density at radius 1 is 0.273 bits per heavy atom. The number of ether oxygens (including phenoxy) is 3. The maximum Gasteiger partial charge on any atom is 0.306 e. The summed E-state index contributed by atoms with van der Waals surface area (Å²) in [6.45, 7) is 6.53. The summed E-state index contributed by atoms with van der Waals surface area (Å²) >= 11 is 0. The maximum atomic E-state index is 12.9. The molecule has 0 aromatic heterocycles. The minimum atomic E-state index is -0.781. The molecule has 0 aromatic rings. The number of allylic oxidation sites excluding steroid dienone is 12. The average molecular weight is 1080 g/mol. The molecular formula is C71H126O6. The van der Waals surface area contributed by atoms with Gasteiger partial charge in [-0.15, -0.1) is 0 Å². The van der Waals surface area contributed by atoms with Crippen molar-refractivity contribution in [2.24, 2.45) is 0 Å². The van der Waals surface area contributed by atoms with Crippen LogP contribution in [0, 0.1) is 0 Å². The fraction of sp³-hybridized carbons (Fsp3) is 0.789. The smallest absolute Gasteiger partial charge is 0.306 e. The summed E-state index contributed by atoms with van der Waals surface area (Å²) < 4.78 is 16.9. The fourth-order valence-corrected chi connectivity index (χ4v) is 9.74. The monoisotopic (exact) mass is 1070 g/mol. The van der Waals surface area contributed by atoms with Crippen molar-refractivity contribution in [3.63, 3.8) is 0 Å². The second-order valence-corrected chi connectivity index (χ2v) is 22.4. The van der Waals surface area contributed by atoms with E-state index in [0.717, 1.165) is 109 Å². The van der Waals surface area contributed by atoms with Gasteiger partial charge >= 0.3 is 17.9 Å². The van der Waals surface area contributed by atoms with Crippen molar-refractivity contribution in [1.82, 2.24) is 0 Å². The average Bonchev–Trinajstić information content (AvgIpc) is 3.43. The van der Waals surface area contributed by atoms with Gasteiger partial charge < -0.3 is 14.2 Å². The quantitative estimate of drug-likeness (QED) is 0.0261. The SMILES string of the molecule is CC/C=C\C/C=C\C/C=C\C/C=C\C/C=C\C/C=C\CCCCCCCCC(=O)OC(COC(=O)CCCCCCCCCC)COC(=O)CCCCCCCCCCCCCCCCCCCCCCCCCCCC. The first-order chi connectivity index (χ1) is 38.0. The lowest BCUT2D eigenvalue weighted by molar-refractivity contribution is -0.167. The molecule has 0 aliphatic heterocycles. The van der Waals surface area contributed by atoms with Gasteiger partial charge in [0, 0.05) is 19.3 Å². The van der Waals surface area contributed by atoms with Crippen molar-refractivity contribution >= 4 is 17.9 Å². The zero-order valence-corrected chi connectivity index (χ0v) is 51.2. The normalized spacial score (nSPS) is 12.5. The van der Waals surface area contributed by atoms with E-state index >= 15 is 0 Å². The lowest BCUT2D eigenvalue weighted by Crippen LogP contribution is -2.30. The Labute approximate surface area is 478 Å². The van der Waals surface area contributed by atoms with Gasteiger partial charge in [-0.2, -0.15) is 0 Å². The first-order valence-electron chi connectivity index (χ1n) is 33.4. The first-order valence-corrected chi connectivity index (χ1v) is 33.4. The van der Waals surface area contributed by atoms with Gasteiger partial charge in [-0.1, -0.05) is 325 Å². The summed E-state index contributed by atoms with van der Waals surface area (Å²) in [6.07, 6.45) is 85.1. The lowest BCUT2D eigenvalue weighted by atomic mass is 10.0. The van der Waals surface area contributed by atoms with E-state index < -0.39 is 6.10 Å². The molecule has 1 unspecified atom stereocenters. The van der Waals surface area contributed by atoms with Crippen LogP contribution in [0.15, 0.2) is 72.9 Å². The largest absolute Gasteiger partial charge is 0.462 e. The molecule has 6 nitrogen and oxygen atoms in total. The Morgan fingerprint density at radius 2 is 0.506 bits per heavy atom. The third-order valence-electron chi connectivity index (χ3n) is 14.7. The number of rotatable bonds is 61. The minimum Gasteiger partial charge on any atom is -0.462 e. The van der Waals surface area contributed by atoms with Crippen LogP contribution in [0.25, 0.3) is 0 Å². The van der Waals surface area contributed by atoms with E-state index in [-0.39, 0.29) is 31.1 Å². The van der Waals surface area contributed by atoms with Crippen molar-refractivity contribution < 1.29 is 28.6 Å². The van der Waals surface area contributed by atoms with Crippen LogP contribution >= 0.6 is 0 Å². The first kappa shape index (κ1) is 73.8. The molecule has 0 amide bonds. The topological polar surface area (TPSA) is 78.9 Å². The predicted molar refractivity (Wildman–Crippen MR) is 335 cm³/mol. The molecule has 0 rings (SSSR count). The van der Waals surface area contributed by atoms with E-state index in [4.69, 9.17) is 14.2 Å². The molecule has 0 aliphatic rings. The molecule has 0 N–H and O–H groups in total. The Kier molecular flexibility index (Phi) is 62.7. The number of hydrogen-bond acceptors (Lipinski definition) is 6. The number of hydrogen-bond donors (Lipinski definition) is 0. The highest BCUT2D eigenvalue weighted by Crippen LogP contribution is 2.18. The van der Waals surface area contributed by atoms with Crippen LogP contribution in [0.1, 0.15) is 342 Å². The molecule has 0 bridgehead atoms. The summed E-state index contributed by atoms with van der Waals surface area (Å²) in [5, 5.41) is 0. The van der Waals surface area contributed by atoms with Gasteiger partial charge in [0.2, 0.25) is 0 Å². The maximum absolute atomic E-state index is 12.9. The van der Waals surface area contributed by atoms with E-state index in [1.165, 1.54) is 193 Å². The fourth-order valence-electron chi connectivity index (χ4n) is 9.74. The summed E-state index contributed by atoms with van der Waals surface area (Å²) in [4.78, 5) is 38.2. The van der Waals surface area contributed by atoms with Gasteiger partial charge in [0.1, 0.15) is 13.2 Å². The molecular weight excluding hydrogens is 949 g/mol. The molecule has 0 saturated heterocycles. The minimum absolute atomic E-state index is 0.0775. The summed E-state index contributed by atoms with van der Waals surface area (Å²) in [6, 6.07) is 0. The Bertz CT molecular complexity index is 1420. The van der Waals surface area contributed by atoms with Gasteiger partial charge in [-0.25, -0.2) is 0 Å². The second-order valence-electron chi connectivity index (χ2n) is 22.4. The lowest BCUT2D eigenvalue weighted by Gasteiger charge is -2.18. The van der Waals surface area contributed by atoms with E-state index in [1.54, 1.807) is 0 Å². The number of carbonyl (C=O) groups is 3. The van der Waals surface area contributed by atoms with Crippen molar-refractivity contribution in [2.75, 3.05) is 13.2 Å². The molecule has 0 saturated carbocycles. The van der Waals surface area contributed by atoms with Crippen LogP contribution in [0.4, 0.5) is 0 Å². The van der Waals surface area contributed by atoms with E-state index in [0.29, 0.717) is 19.3 Å². The van der Waals surface area contributed by atoms with Gasteiger partial charge in [0.15, 0.2) is 6.10 Å². The van der Waals surface area contributed by atoms with Gasteiger partial charge in [0.25, 0.3) is 0 Å². The second kappa shape index (κ2) is 65.4. The van der Waals surface area contributed by atoms with Crippen molar-refractivity contribution in [3.8, 4) is 0 Å². The molecule has 6 heteroatoms. The van der Waals surface area contributed by atoms with E-state index in [1.807, 2.05) is 0 Å². The van der Waals surface area contributed by atoms with Crippen LogP contribution in [-0.2, 0) is 28.6 Å². The summed E-state index contributed by atoms with van der Waals surface area (Å²) in [5.41, 5.74) is 0. The van der Waals surface area contributed by atoms with Crippen molar-refractivity contribution in [2.45, 2.75) is 348 Å². The Morgan fingerprint density at radius 3 is 0.792 bits per heavy atom. The molecule has 0 heterocycles. The van der Waals surface area contributed by atoms with Gasteiger partial charge in [-0.3, -0.25) is 14.4 Å². The highest BCUT2D eigenvalue weighted by molar-refractivity contribution is 5.71. The number of unbranched alkanes of at least 4 members (excludes halogenated alkanes) is 38. The van der Waals surface area contributed by atoms with Gasteiger partial charge in [0.05, 0.1) is 0 Å². The highest BCUT2D eigenvalue weighted by atomic mass is 16.6. The highest BCUT2D eigenvalue weighted by Gasteiger charge is 2.19. The van der Waals surface area contributed by atoms with Crippen molar-refractivity contribution in [1.29, 1.82) is 0 Å². The molecule has 1 atom stereocenters. The number of esters is 3. The number of carbonyl (C=O) groups excluding carboxylic acids is 3. The molecule has 0 spiro atoms. The Hall–Kier alpha value is -3.15. The zero-order chi connectivity index (χ0) is 55.7. The van der Waals surface area contributed by atoms with Crippen molar-refractivity contribution in [3.05, 3.63) is 72.9 Å². The van der Waals surface area contributed by atoms with Crippen LogP contribution in [0.3, 0.4) is 0 Å². The molecule has 0 aromatic carbocycles. The molecule has 77 heavy (non-hydrogen) atoms. The molecule has 446 valence electrons. The third kappa shape index (κ3) is 63.6. The summed E-state index contributed by atoms with van der Waals surface area (Å²) in [5.74, 6) is -0.880. The zero-order valence-electron chi connectivity index (χ0n) is 51.2. The van der Waals surface area contributed by atoms with E-state index in [2.05, 4.69) is 93.7 Å². The molecule has 0 aliphatic carbocycles.